The summed E-state index contributed by atoms with van der Waals surface area (Å²) in [6.07, 6.45) is 0. The van der Waals surface area contributed by atoms with Gasteiger partial charge in [-0.1, -0.05) is 11.6 Å². The Labute approximate surface area is 136 Å². The molecule has 1 fully saturated rings. The van der Waals surface area contributed by atoms with E-state index < -0.39 is 16.0 Å². The van der Waals surface area contributed by atoms with Crippen molar-refractivity contribution in [3.05, 3.63) is 29.0 Å². The highest BCUT2D eigenvalue weighted by molar-refractivity contribution is 7.90. The van der Waals surface area contributed by atoms with Crippen molar-refractivity contribution in [1.82, 2.24) is 9.21 Å². The molecular formula is C14H21ClFN3O2S. The van der Waals surface area contributed by atoms with Crippen molar-refractivity contribution in [3.63, 3.8) is 0 Å². The maximum atomic E-state index is 13.1. The number of benzene rings is 1. The van der Waals surface area contributed by atoms with E-state index in [1.165, 1.54) is 16.4 Å². The van der Waals surface area contributed by atoms with Crippen LogP contribution in [0.4, 0.5) is 10.1 Å². The van der Waals surface area contributed by atoms with Crippen LogP contribution in [0.25, 0.3) is 0 Å². The fraction of sp³-hybridized carbons (Fsp3) is 0.571. The Morgan fingerprint density at radius 2 is 1.77 bits per heavy atom. The van der Waals surface area contributed by atoms with E-state index in [4.69, 9.17) is 11.6 Å². The Bertz CT molecular complexity index is 638. The summed E-state index contributed by atoms with van der Waals surface area (Å²) in [6, 6.07) is 3.75. The largest absolute Gasteiger partial charge is 0.301 e. The van der Waals surface area contributed by atoms with Crippen LogP contribution >= 0.6 is 11.6 Å². The van der Waals surface area contributed by atoms with Gasteiger partial charge in [0.1, 0.15) is 5.82 Å². The second kappa shape index (κ2) is 6.31. The van der Waals surface area contributed by atoms with Crippen LogP contribution in [0.1, 0.15) is 20.8 Å². The van der Waals surface area contributed by atoms with Gasteiger partial charge in [-0.25, -0.2) is 4.39 Å². The fourth-order valence-corrected chi connectivity index (χ4v) is 3.75. The molecule has 1 aromatic carbocycles. The van der Waals surface area contributed by atoms with E-state index in [9.17, 15) is 12.8 Å². The lowest BCUT2D eigenvalue weighted by Gasteiger charge is -2.41. The van der Waals surface area contributed by atoms with Gasteiger partial charge in [0.05, 0.1) is 10.7 Å². The van der Waals surface area contributed by atoms with Gasteiger partial charge in [0, 0.05) is 31.7 Å². The van der Waals surface area contributed by atoms with Gasteiger partial charge >= 0.3 is 10.2 Å². The molecule has 1 aliphatic heterocycles. The van der Waals surface area contributed by atoms with E-state index in [0.29, 0.717) is 26.2 Å². The molecule has 8 heteroatoms. The second-order valence-corrected chi connectivity index (χ2v) is 8.37. The van der Waals surface area contributed by atoms with Crippen LogP contribution in [-0.4, -0.2) is 49.3 Å². The first-order valence-corrected chi connectivity index (χ1v) is 8.89. The van der Waals surface area contributed by atoms with E-state index >= 15 is 0 Å². The molecule has 22 heavy (non-hydrogen) atoms. The molecule has 1 heterocycles. The predicted octanol–water partition coefficient (Wildman–Crippen LogP) is 2.55. The van der Waals surface area contributed by atoms with Gasteiger partial charge in [-0.05, 0) is 39.0 Å². The fourth-order valence-electron chi connectivity index (χ4n) is 2.37. The van der Waals surface area contributed by atoms with Crippen LogP contribution in [0.2, 0.25) is 5.02 Å². The summed E-state index contributed by atoms with van der Waals surface area (Å²) in [7, 11) is -3.66. The van der Waals surface area contributed by atoms with E-state index in [2.05, 4.69) is 30.4 Å². The Hall–Kier alpha value is -0.890. The molecule has 0 bridgehead atoms. The molecule has 124 valence electrons. The van der Waals surface area contributed by atoms with Gasteiger partial charge in [-0.15, -0.1) is 0 Å². The molecule has 2 rings (SSSR count). The smallest absolute Gasteiger partial charge is 0.296 e. The number of hydrogen-bond acceptors (Lipinski definition) is 3. The molecule has 0 amide bonds. The minimum absolute atomic E-state index is 0.0216. The zero-order valence-corrected chi connectivity index (χ0v) is 14.5. The van der Waals surface area contributed by atoms with Gasteiger partial charge in [0.2, 0.25) is 0 Å². The highest BCUT2D eigenvalue weighted by Gasteiger charge is 2.31. The summed E-state index contributed by atoms with van der Waals surface area (Å²) in [4.78, 5) is 2.24. The minimum atomic E-state index is -3.66. The van der Waals surface area contributed by atoms with Crippen molar-refractivity contribution in [2.24, 2.45) is 0 Å². The van der Waals surface area contributed by atoms with E-state index in [0.717, 1.165) is 6.07 Å². The molecule has 0 spiro atoms. The normalized spacial score (nSPS) is 18.4. The third-order valence-corrected chi connectivity index (χ3v) is 5.52. The van der Waals surface area contributed by atoms with Crippen molar-refractivity contribution in [2.45, 2.75) is 26.3 Å². The van der Waals surface area contributed by atoms with Crippen LogP contribution < -0.4 is 4.72 Å². The van der Waals surface area contributed by atoms with E-state index in [1.54, 1.807) is 0 Å². The number of hydrogen-bond donors (Lipinski definition) is 1. The Morgan fingerprint density at radius 3 is 2.27 bits per heavy atom. The molecule has 1 aromatic rings. The highest BCUT2D eigenvalue weighted by atomic mass is 35.5. The first-order valence-electron chi connectivity index (χ1n) is 7.07. The minimum Gasteiger partial charge on any atom is -0.296 e. The molecule has 1 aliphatic rings. The molecule has 0 atom stereocenters. The molecule has 0 unspecified atom stereocenters. The van der Waals surface area contributed by atoms with Crippen molar-refractivity contribution >= 4 is 27.5 Å². The van der Waals surface area contributed by atoms with Crippen LogP contribution in [0.15, 0.2) is 18.2 Å². The molecule has 0 radical (unpaired) electrons. The quantitative estimate of drug-likeness (QED) is 0.912. The number of rotatable bonds is 3. The van der Waals surface area contributed by atoms with Gasteiger partial charge in [-0.2, -0.15) is 12.7 Å². The van der Waals surface area contributed by atoms with Crippen LogP contribution in [0.3, 0.4) is 0 Å². The number of anilines is 1. The zero-order valence-electron chi connectivity index (χ0n) is 12.9. The van der Waals surface area contributed by atoms with Crippen molar-refractivity contribution < 1.29 is 12.8 Å². The third kappa shape index (κ3) is 4.10. The highest BCUT2D eigenvalue weighted by Crippen LogP contribution is 2.22. The van der Waals surface area contributed by atoms with Gasteiger partial charge in [0.15, 0.2) is 0 Å². The summed E-state index contributed by atoms with van der Waals surface area (Å²) < 4.78 is 41.7. The molecule has 0 saturated carbocycles. The molecule has 0 aliphatic carbocycles. The topological polar surface area (TPSA) is 52.7 Å². The average molecular weight is 350 g/mol. The van der Waals surface area contributed by atoms with Crippen molar-refractivity contribution in [2.75, 3.05) is 30.9 Å². The van der Waals surface area contributed by atoms with Gasteiger partial charge in [-0.3, -0.25) is 9.62 Å². The Morgan fingerprint density at radius 1 is 1.18 bits per heavy atom. The summed E-state index contributed by atoms with van der Waals surface area (Å²) in [6.45, 7) is 8.51. The molecular weight excluding hydrogens is 329 g/mol. The standard InChI is InChI=1S/C14H21ClFN3O2S/c1-14(2,3)18-6-8-19(9-7-18)22(20,21)17-11-4-5-13(16)12(15)10-11/h4-5,10,17H,6-9H2,1-3H3. The zero-order chi connectivity index (χ0) is 16.5. The maximum absolute atomic E-state index is 13.1. The molecule has 5 nitrogen and oxygen atoms in total. The van der Waals surface area contributed by atoms with Gasteiger partial charge in [0.25, 0.3) is 0 Å². The lowest BCUT2D eigenvalue weighted by molar-refractivity contribution is 0.0924. The Kier molecular flexibility index (Phi) is 5.01. The number of nitrogens with one attached hydrogen (secondary N) is 1. The SMILES string of the molecule is CC(C)(C)N1CCN(S(=O)(=O)Nc2ccc(F)c(Cl)c2)CC1. The third-order valence-electron chi connectivity index (χ3n) is 3.69. The van der Waals surface area contributed by atoms with Crippen molar-refractivity contribution in [3.8, 4) is 0 Å². The molecule has 1 saturated heterocycles. The summed E-state index contributed by atoms with van der Waals surface area (Å²) in [5.74, 6) is -0.580. The summed E-state index contributed by atoms with van der Waals surface area (Å²) in [5.41, 5.74) is 0.276. The van der Waals surface area contributed by atoms with Crippen LogP contribution in [0.5, 0.6) is 0 Å². The predicted molar refractivity (Wildman–Crippen MR) is 86.9 cm³/mol. The maximum Gasteiger partial charge on any atom is 0.301 e. The second-order valence-electron chi connectivity index (χ2n) is 6.29. The number of halogens is 2. The van der Waals surface area contributed by atoms with E-state index in [-0.39, 0.29) is 16.2 Å². The Balaban J connectivity index is 2.04. The van der Waals surface area contributed by atoms with Crippen LogP contribution in [0, 0.1) is 5.82 Å². The number of piperazine rings is 1. The monoisotopic (exact) mass is 349 g/mol. The lowest BCUT2D eigenvalue weighted by Crippen LogP contribution is -2.55. The lowest BCUT2D eigenvalue weighted by atomic mass is 10.1. The average Bonchev–Trinajstić information content (AvgIpc) is 2.42. The van der Waals surface area contributed by atoms with Crippen LogP contribution in [-0.2, 0) is 10.2 Å². The van der Waals surface area contributed by atoms with Gasteiger partial charge < -0.3 is 0 Å². The first kappa shape index (κ1) is 17.5. The van der Waals surface area contributed by atoms with Crippen molar-refractivity contribution in [1.29, 1.82) is 0 Å². The molecule has 0 aromatic heterocycles. The summed E-state index contributed by atoms with van der Waals surface area (Å²) >= 11 is 5.67. The molecule has 1 N–H and O–H groups in total. The number of nitrogens with zero attached hydrogens (tertiary/aromatic N) is 2. The first-order chi connectivity index (χ1) is 10.1. The summed E-state index contributed by atoms with van der Waals surface area (Å²) in [5, 5.41) is -0.113. The van der Waals surface area contributed by atoms with E-state index in [1.807, 2.05) is 0 Å².